The summed E-state index contributed by atoms with van der Waals surface area (Å²) in [7, 11) is 0. The van der Waals surface area contributed by atoms with Gasteiger partial charge in [-0.3, -0.25) is 0 Å². The van der Waals surface area contributed by atoms with Crippen molar-refractivity contribution >= 4 is 12.4 Å². The predicted octanol–water partition coefficient (Wildman–Crippen LogP) is 2.16. The molecular formula is C13H17FN2O3. The Kier molecular flexibility index (Phi) is 4.24. The molecule has 1 N–H and O–H groups in total. The van der Waals surface area contributed by atoms with Crippen LogP contribution in [0.2, 0.25) is 0 Å². The molecule has 19 heavy (non-hydrogen) atoms. The van der Waals surface area contributed by atoms with Crippen LogP contribution in [0.4, 0.5) is 9.18 Å². The number of rotatable bonds is 3. The Hall–Kier alpha value is -1.98. The molecule has 0 saturated carbocycles. The zero-order chi connectivity index (χ0) is 14.7. The summed E-state index contributed by atoms with van der Waals surface area (Å²) in [5.41, 5.74) is -2.25. The van der Waals surface area contributed by atoms with E-state index in [9.17, 15) is 14.0 Å². The summed E-state index contributed by atoms with van der Waals surface area (Å²) in [6, 6.07) is 2.87. The van der Waals surface area contributed by atoms with Gasteiger partial charge in [-0.1, -0.05) is 6.07 Å². The fourth-order valence-corrected chi connectivity index (χ4v) is 1.45. The van der Waals surface area contributed by atoms with Gasteiger partial charge in [-0.25, -0.2) is 9.78 Å². The third kappa shape index (κ3) is 4.01. The van der Waals surface area contributed by atoms with Gasteiger partial charge in [0.05, 0.1) is 0 Å². The van der Waals surface area contributed by atoms with Crippen molar-refractivity contribution in [3.05, 3.63) is 29.8 Å². The summed E-state index contributed by atoms with van der Waals surface area (Å²) in [6.45, 7) is 6.45. The second-order valence-electron chi connectivity index (χ2n) is 5.29. The summed E-state index contributed by atoms with van der Waals surface area (Å²) in [5, 5.41) is 2.35. The lowest BCUT2D eigenvalue weighted by Crippen LogP contribution is -2.47. The fraction of sp³-hybridized carbons (Fsp3) is 0.462. The highest BCUT2D eigenvalue weighted by atomic mass is 19.1. The molecule has 1 heterocycles. The first kappa shape index (κ1) is 15.1. The number of amides is 1. The van der Waals surface area contributed by atoms with Crippen LogP contribution >= 0.6 is 0 Å². The Morgan fingerprint density at radius 1 is 1.42 bits per heavy atom. The van der Waals surface area contributed by atoms with E-state index in [1.165, 1.54) is 25.3 Å². The number of alkyl carbamates (subject to hydrolysis) is 1. The van der Waals surface area contributed by atoms with E-state index in [2.05, 4.69) is 10.3 Å². The van der Waals surface area contributed by atoms with Gasteiger partial charge in [-0.15, -0.1) is 0 Å². The molecule has 0 aliphatic heterocycles. The minimum absolute atomic E-state index is 0.0177. The first-order chi connectivity index (χ1) is 8.68. The van der Waals surface area contributed by atoms with Gasteiger partial charge in [-0.05, 0) is 33.8 Å². The van der Waals surface area contributed by atoms with Crippen LogP contribution in [0.25, 0.3) is 0 Å². The second-order valence-corrected chi connectivity index (χ2v) is 5.29. The van der Waals surface area contributed by atoms with Crippen LogP contribution in [0.5, 0.6) is 0 Å². The molecule has 104 valence electrons. The Balaban J connectivity index is 2.97. The quantitative estimate of drug-likeness (QED) is 0.673. The molecule has 0 aliphatic carbocycles. The van der Waals surface area contributed by atoms with E-state index in [1.807, 2.05) is 0 Å². The largest absolute Gasteiger partial charge is 0.444 e. The van der Waals surface area contributed by atoms with Gasteiger partial charge in [0.25, 0.3) is 0 Å². The summed E-state index contributed by atoms with van der Waals surface area (Å²) in [6.07, 6.45) is 0.902. The normalized spacial score (nSPS) is 14.4. The Morgan fingerprint density at radius 2 is 2.05 bits per heavy atom. The van der Waals surface area contributed by atoms with Crippen molar-refractivity contribution in [2.24, 2.45) is 0 Å². The number of nitrogens with zero attached hydrogens (tertiary/aromatic N) is 1. The van der Waals surface area contributed by atoms with Crippen LogP contribution in [0.3, 0.4) is 0 Å². The van der Waals surface area contributed by atoms with Gasteiger partial charge in [0.15, 0.2) is 0 Å². The van der Waals surface area contributed by atoms with Crippen molar-refractivity contribution in [3.8, 4) is 0 Å². The third-order valence-electron chi connectivity index (χ3n) is 2.31. The van der Waals surface area contributed by atoms with Gasteiger partial charge >= 0.3 is 6.09 Å². The maximum Gasteiger partial charge on any atom is 0.408 e. The lowest BCUT2D eigenvalue weighted by Gasteiger charge is -2.27. The molecule has 1 rings (SSSR count). The maximum atomic E-state index is 13.6. The Bertz CT molecular complexity index is 485. The number of ether oxygens (including phenoxy) is 1. The topological polar surface area (TPSA) is 68.3 Å². The Labute approximate surface area is 111 Å². The molecule has 1 aromatic rings. The van der Waals surface area contributed by atoms with E-state index in [-0.39, 0.29) is 5.56 Å². The van der Waals surface area contributed by atoms with E-state index in [0.29, 0.717) is 6.29 Å². The van der Waals surface area contributed by atoms with Gasteiger partial charge in [-0.2, -0.15) is 4.39 Å². The average Bonchev–Trinajstić information content (AvgIpc) is 2.26. The number of nitrogens with one attached hydrogen (secondary N) is 1. The van der Waals surface area contributed by atoms with E-state index >= 15 is 0 Å². The molecule has 1 atom stereocenters. The van der Waals surface area contributed by atoms with E-state index in [0.717, 1.165) is 0 Å². The third-order valence-corrected chi connectivity index (χ3v) is 2.31. The number of aldehydes is 1. The van der Waals surface area contributed by atoms with Crippen molar-refractivity contribution in [2.75, 3.05) is 0 Å². The van der Waals surface area contributed by atoms with Gasteiger partial charge in [0.2, 0.25) is 5.95 Å². The molecule has 0 radical (unpaired) electrons. The molecular weight excluding hydrogens is 251 g/mol. The van der Waals surface area contributed by atoms with E-state index < -0.39 is 23.2 Å². The summed E-state index contributed by atoms with van der Waals surface area (Å²) >= 11 is 0. The molecule has 1 amide bonds. The number of carbonyl (C=O) groups is 2. The number of hydrogen-bond acceptors (Lipinski definition) is 4. The first-order valence-electron chi connectivity index (χ1n) is 5.76. The zero-order valence-electron chi connectivity index (χ0n) is 11.4. The van der Waals surface area contributed by atoms with E-state index in [4.69, 9.17) is 4.74 Å². The minimum Gasteiger partial charge on any atom is -0.444 e. The van der Waals surface area contributed by atoms with Crippen LogP contribution < -0.4 is 5.32 Å². The standard InChI is InChI=1S/C13H17FN2O3/c1-12(2,3)19-11(18)16-13(4,8-17)9-6-5-7-15-10(9)14/h5-8H,1-4H3,(H,16,18). The van der Waals surface area contributed by atoms with Crippen LogP contribution in [-0.2, 0) is 15.1 Å². The van der Waals surface area contributed by atoms with Gasteiger partial charge in [0.1, 0.15) is 17.4 Å². The number of pyridine rings is 1. The molecule has 0 aromatic carbocycles. The maximum absolute atomic E-state index is 13.6. The Morgan fingerprint density at radius 3 is 2.53 bits per heavy atom. The zero-order valence-corrected chi connectivity index (χ0v) is 11.4. The predicted molar refractivity (Wildman–Crippen MR) is 67.0 cm³/mol. The van der Waals surface area contributed by atoms with Crippen molar-refractivity contribution in [1.29, 1.82) is 0 Å². The summed E-state index contributed by atoms with van der Waals surface area (Å²) in [5.74, 6) is -0.812. The number of carbonyl (C=O) groups excluding carboxylic acids is 2. The summed E-state index contributed by atoms with van der Waals surface area (Å²) in [4.78, 5) is 26.4. The van der Waals surface area contributed by atoms with Gasteiger partial charge in [0, 0.05) is 11.8 Å². The van der Waals surface area contributed by atoms with Crippen molar-refractivity contribution in [1.82, 2.24) is 10.3 Å². The molecule has 0 saturated heterocycles. The molecule has 1 unspecified atom stereocenters. The highest BCUT2D eigenvalue weighted by Crippen LogP contribution is 2.21. The fourth-order valence-electron chi connectivity index (χ4n) is 1.45. The highest BCUT2D eigenvalue weighted by molar-refractivity contribution is 5.77. The molecule has 1 aromatic heterocycles. The monoisotopic (exact) mass is 268 g/mol. The highest BCUT2D eigenvalue weighted by Gasteiger charge is 2.33. The van der Waals surface area contributed by atoms with Crippen LogP contribution in [0.1, 0.15) is 33.3 Å². The molecule has 0 fully saturated rings. The molecule has 0 aliphatic rings. The van der Waals surface area contributed by atoms with Crippen LogP contribution in [-0.4, -0.2) is 23.0 Å². The molecule has 6 heteroatoms. The second kappa shape index (κ2) is 5.34. The van der Waals surface area contributed by atoms with Crippen molar-refractivity contribution in [3.63, 3.8) is 0 Å². The first-order valence-corrected chi connectivity index (χ1v) is 5.76. The lowest BCUT2D eigenvalue weighted by atomic mass is 9.95. The van der Waals surface area contributed by atoms with Crippen LogP contribution in [0.15, 0.2) is 18.3 Å². The summed E-state index contributed by atoms with van der Waals surface area (Å²) < 4.78 is 18.6. The van der Waals surface area contributed by atoms with Gasteiger partial charge < -0.3 is 14.8 Å². The molecule has 5 nitrogen and oxygen atoms in total. The number of hydrogen-bond donors (Lipinski definition) is 1. The average molecular weight is 268 g/mol. The number of halogens is 1. The SMILES string of the molecule is CC(C)(C)OC(=O)NC(C)(C=O)c1cccnc1F. The van der Waals surface area contributed by atoms with Crippen molar-refractivity contribution < 1.29 is 18.7 Å². The van der Waals surface area contributed by atoms with E-state index in [1.54, 1.807) is 20.8 Å². The minimum atomic E-state index is -1.53. The number of aromatic nitrogens is 1. The molecule has 0 spiro atoms. The van der Waals surface area contributed by atoms with Crippen LogP contribution in [0, 0.1) is 5.95 Å². The lowest BCUT2D eigenvalue weighted by molar-refractivity contribution is -0.113. The van der Waals surface area contributed by atoms with Crippen molar-refractivity contribution in [2.45, 2.75) is 38.8 Å². The smallest absolute Gasteiger partial charge is 0.408 e. The molecule has 0 bridgehead atoms.